The van der Waals surface area contributed by atoms with Gasteiger partial charge in [-0.1, -0.05) is 12.1 Å². The Morgan fingerprint density at radius 3 is 2.41 bits per heavy atom. The number of aromatic nitrogens is 4. The summed E-state index contributed by atoms with van der Waals surface area (Å²) in [6, 6.07) is 5.26. The number of imidazole rings is 1. The molecule has 0 unspecified atom stereocenters. The van der Waals surface area contributed by atoms with Gasteiger partial charge in [-0.3, -0.25) is 13.9 Å². The Balaban J connectivity index is 1.92. The molecule has 0 N–H and O–H groups in total. The number of hydrogen-bond donors (Lipinski definition) is 0. The van der Waals surface area contributed by atoms with E-state index in [0.29, 0.717) is 35.0 Å². The summed E-state index contributed by atoms with van der Waals surface area (Å²) in [6.45, 7) is 7.61. The molecule has 182 valence electrons. The average Bonchev–Trinajstić information content (AvgIpc) is 3.12. The molecule has 0 saturated heterocycles. The van der Waals surface area contributed by atoms with Crippen LogP contribution >= 0.6 is 0 Å². The Hall–Kier alpha value is -3.82. The fraction of sp³-hybridized carbons (Fsp3) is 0.417. The second-order valence-corrected chi connectivity index (χ2v) is 7.85. The van der Waals surface area contributed by atoms with Crippen molar-refractivity contribution in [2.75, 3.05) is 13.7 Å². The molecular weight excluding hydrogens is 440 g/mol. The number of fused-ring (bicyclic) bond motifs is 1. The van der Waals surface area contributed by atoms with Gasteiger partial charge in [-0.05, 0) is 51.5 Å². The van der Waals surface area contributed by atoms with E-state index in [1.54, 1.807) is 56.7 Å². The molecule has 10 nitrogen and oxygen atoms in total. The van der Waals surface area contributed by atoms with Crippen LogP contribution < -0.4 is 20.7 Å². The van der Waals surface area contributed by atoms with Crippen molar-refractivity contribution in [1.29, 1.82) is 0 Å². The van der Waals surface area contributed by atoms with Crippen molar-refractivity contribution >= 4 is 29.3 Å². The molecule has 3 rings (SSSR count). The molecule has 0 aliphatic rings. The lowest BCUT2D eigenvalue weighted by atomic mass is 10.2. The Kier molecular flexibility index (Phi) is 7.60. The maximum atomic E-state index is 12.8. The van der Waals surface area contributed by atoms with Gasteiger partial charge in [0.1, 0.15) is 5.82 Å². The van der Waals surface area contributed by atoms with E-state index >= 15 is 0 Å². The molecule has 0 atom stereocenters. The number of nitrogens with zero attached hydrogens (tertiary/aromatic N) is 4. The molecule has 2 heterocycles. The van der Waals surface area contributed by atoms with Crippen molar-refractivity contribution in [1.82, 2.24) is 18.7 Å². The highest BCUT2D eigenvalue weighted by Gasteiger charge is 2.18. The standard InChI is InChI=1S/C24H30N4O6/c1-7-27-22-21(23(30)28(8-2)24(27)31)26(5)19(25-22)12-10-16-9-11-17(18(13-16)32-6)33-14-20(29)34-15(3)4/h9-13,15H,7-8,14H2,1-6H3. The van der Waals surface area contributed by atoms with E-state index in [0.717, 1.165) is 5.56 Å². The van der Waals surface area contributed by atoms with Crippen LogP contribution in [-0.2, 0) is 29.7 Å². The molecule has 0 saturated carbocycles. The number of benzene rings is 1. The molecule has 0 amide bonds. The van der Waals surface area contributed by atoms with Gasteiger partial charge in [0.15, 0.2) is 29.3 Å². The SMILES string of the molecule is CCn1c(=O)c2c(nc(C=Cc3ccc(OCC(=O)OC(C)C)c(OC)c3)n2C)n(CC)c1=O. The summed E-state index contributed by atoms with van der Waals surface area (Å²) in [6.07, 6.45) is 3.35. The zero-order chi connectivity index (χ0) is 25.0. The van der Waals surface area contributed by atoms with Gasteiger partial charge < -0.3 is 18.8 Å². The molecule has 0 bridgehead atoms. The van der Waals surface area contributed by atoms with Crippen molar-refractivity contribution in [3.8, 4) is 11.5 Å². The molecule has 0 fully saturated rings. The van der Waals surface area contributed by atoms with Crippen molar-refractivity contribution < 1.29 is 19.0 Å². The van der Waals surface area contributed by atoms with Crippen LogP contribution in [0.25, 0.3) is 23.3 Å². The molecule has 1 aromatic carbocycles. The largest absolute Gasteiger partial charge is 0.493 e. The summed E-state index contributed by atoms with van der Waals surface area (Å²) in [7, 11) is 3.25. The van der Waals surface area contributed by atoms with Gasteiger partial charge in [-0.15, -0.1) is 0 Å². The first kappa shape index (κ1) is 24.8. The number of aryl methyl sites for hydroxylation is 2. The van der Waals surface area contributed by atoms with Gasteiger partial charge in [0, 0.05) is 20.1 Å². The summed E-state index contributed by atoms with van der Waals surface area (Å²) in [4.78, 5) is 41.7. The Morgan fingerprint density at radius 2 is 1.79 bits per heavy atom. The number of hydrogen-bond acceptors (Lipinski definition) is 7. The minimum atomic E-state index is -0.462. The minimum Gasteiger partial charge on any atom is -0.493 e. The van der Waals surface area contributed by atoms with E-state index in [4.69, 9.17) is 14.2 Å². The van der Waals surface area contributed by atoms with Crippen LogP contribution in [0.2, 0.25) is 0 Å². The van der Waals surface area contributed by atoms with Crippen LogP contribution in [0.5, 0.6) is 11.5 Å². The third-order valence-corrected chi connectivity index (χ3v) is 5.23. The van der Waals surface area contributed by atoms with Crippen LogP contribution in [0.15, 0.2) is 27.8 Å². The second kappa shape index (κ2) is 10.4. The molecule has 0 aliphatic carbocycles. The zero-order valence-electron chi connectivity index (χ0n) is 20.3. The molecule has 0 radical (unpaired) electrons. The van der Waals surface area contributed by atoms with Crippen molar-refractivity contribution in [2.24, 2.45) is 7.05 Å². The first-order valence-corrected chi connectivity index (χ1v) is 11.1. The predicted molar refractivity (Wildman–Crippen MR) is 129 cm³/mol. The van der Waals surface area contributed by atoms with Gasteiger partial charge in [-0.2, -0.15) is 0 Å². The summed E-state index contributed by atoms with van der Waals surface area (Å²) in [5.74, 6) is 0.930. The number of carbonyl (C=O) groups is 1. The molecule has 34 heavy (non-hydrogen) atoms. The minimum absolute atomic E-state index is 0.217. The maximum absolute atomic E-state index is 12.8. The highest BCUT2D eigenvalue weighted by Crippen LogP contribution is 2.29. The molecule has 3 aromatic rings. The molecule has 10 heteroatoms. The van der Waals surface area contributed by atoms with Crippen LogP contribution in [0.4, 0.5) is 0 Å². The lowest BCUT2D eigenvalue weighted by molar-refractivity contribution is -0.149. The Labute approximate surface area is 197 Å². The van der Waals surface area contributed by atoms with E-state index in [9.17, 15) is 14.4 Å². The van der Waals surface area contributed by atoms with E-state index in [1.165, 1.54) is 16.2 Å². The number of rotatable bonds is 9. The summed E-state index contributed by atoms with van der Waals surface area (Å²) in [5.41, 5.74) is 0.797. The van der Waals surface area contributed by atoms with Crippen LogP contribution in [0, 0.1) is 0 Å². The number of esters is 1. The second-order valence-electron chi connectivity index (χ2n) is 7.85. The number of ether oxygens (including phenoxy) is 3. The summed E-state index contributed by atoms with van der Waals surface area (Å²) in [5, 5.41) is 0. The number of methoxy groups -OCH3 is 1. The highest BCUT2D eigenvalue weighted by atomic mass is 16.6. The van der Waals surface area contributed by atoms with E-state index < -0.39 is 5.97 Å². The van der Waals surface area contributed by atoms with E-state index in [2.05, 4.69) is 4.98 Å². The molecule has 0 spiro atoms. The monoisotopic (exact) mass is 470 g/mol. The van der Waals surface area contributed by atoms with E-state index in [1.807, 2.05) is 13.0 Å². The topological polar surface area (TPSA) is 107 Å². The van der Waals surface area contributed by atoms with Gasteiger partial charge in [-0.25, -0.2) is 14.6 Å². The Bertz CT molecular complexity index is 1350. The maximum Gasteiger partial charge on any atom is 0.344 e. The molecule has 2 aromatic heterocycles. The van der Waals surface area contributed by atoms with Crippen molar-refractivity contribution in [3.05, 3.63) is 50.4 Å². The first-order valence-electron chi connectivity index (χ1n) is 11.1. The van der Waals surface area contributed by atoms with Crippen molar-refractivity contribution in [3.63, 3.8) is 0 Å². The van der Waals surface area contributed by atoms with Crippen LogP contribution in [0.3, 0.4) is 0 Å². The van der Waals surface area contributed by atoms with Crippen LogP contribution in [-0.4, -0.2) is 44.5 Å². The van der Waals surface area contributed by atoms with Gasteiger partial charge in [0.2, 0.25) is 0 Å². The van der Waals surface area contributed by atoms with E-state index in [-0.39, 0.29) is 30.5 Å². The Morgan fingerprint density at radius 1 is 1.09 bits per heavy atom. The predicted octanol–water partition coefficient (Wildman–Crippen LogP) is 2.45. The molecule has 0 aliphatic heterocycles. The first-order chi connectivity index (χ1) is 16.2. The lowest BCUT2D eigenvalue weighted by Gasteiger charge is -2.12. The van der Waals surface area contributed by atoms with Gasteiger partial charge in [0.25, 0.3) is 5.56 Å². The quantitative estimate of drug-likeness (QED) is 0.442. The third kappa shape index (κ3) is 4.90. The third-order valence-electron chi connectivity index (χ3n) is 5.23. The van der Waals surface area contributed by atoms with Crippen molar-refractivity contribution in [2.45, 2.75) is 46.9 Å². The number of carbonyl (C=O) groups excluding carboxylic acids is 1. The van der Waals surface area contributed by atoms with Crippen LogP contribution in [0.1, 0.15) is 39.1 Å². The average molecular weight is 471 g/mol. The summed E-state index contributed by atoms with van der Waals surface area (Å²) < 4.78 is 20.4. The fourth-order valence-electron chi connectivity index (χ4n) is 3.60. The highest BCUT2D eigenvalue weighted by molar-refractivity contribution is 5.77. The normalized spacial score (nSPS) is 11.5. The lowest BCUT2D eigenvalue weighted by Crippen LogP contribution is -2.39. The fourth-order valence-corrected chi connectivity index (χ4v) is 3.60. The zero-order valence-corrected chi connectivity index (χ0v) is 20.3. The van der Waals surface area contributed by atoms with Gasteiger partial charge in [0.05, 0.1) is 13.2 Å². The summed E-state index contributed by atoms with van der Waals surface area (Å²) >= 11 is 0. The smallest absolute Gasteiger partial charge is 0.344 e. The van der Waals surface area contributed by atoms with Gasteiger partial charge >= 0.3 is 11.7 Å². The molecular formula is C24H30N4O6.